The first-order chi connectivity index (χ1) is 17.9. The molecule has 2 aliphatic carbocycles. The minimum Gasteiger partial charge on any atom is -0.0622 e. The molecule has 0 heterocycles. The van der Waals surface area contributed by atoms with Crippen molar-refractivity contribution >= 4 is 37.1 Å². The Hall–Kier alpha value is -2.26. The van der Waals surface area contributed by atoms with Crippen LogP contribution in [0.4, 0.5) is 0 Å². The van der Waals surface area contributed by atoms with Crippen LogP contribution < -0.4 is 21.2 Å². The Balaban J connectivity index is 1.38. The molecule has 2 aliphatic rings. The molecule has 4 aromatic carbocycles. The Morgan fingerprint density at radius 1 is 0.389 bits per heavy atom. The summed E-state index contributed by atoms with van der Waals surface area (Å²) in [6.07, 6.45) is 7.98. The highest BCUT2D eigenvalue weighted by Gasteiger charge is 2.46. The molecule has 2 atom stereocenters. The molecule has 0 amide bonds. The van der Waals surface area contributed by atoms with E-state index in [1.165, 1.54) is 59.7 Å². The van der Waals surface area contributed by atoms with Crippen LogP contribution in [-0.2, 0) is 0 Å². The maximum absolute atomic E-state index is 2.38. The first-order valence-corrected chi connectivity index (χ1v) is 16.1. The van der Waals surface area contributed by atoms with Gasteiger partial charge in [0.05, 0.1) is 0 Å². The van der Waals surface area contributed by atoms with Gasteiger partial charge in [-0.1, -0.05) is 134 Å². The smallest absolute Gasteiger partial charge is 0.0121 e. The Bertz CT molecular complexity index is 1030. The third-order valence-electron chi connectivity index (χ3n) is 7.87. The quantitative estimate of drug-likeness (QED) is 0.224. The topological polar surface area (TPSA) is 0 Å². The summed E-state index contributed by atoms with van der Waals surface area (Å²) in [6.45, 7) is 0. The molecule has 0 aliphatic heterocycles. The monoisotopic (exact) mass is 504 g/mol. The van der Waals surface area contributed by atoms with Gasteiger partial charge in [-0.05, 0) is 74.6 Å². The molecule has 2 radical (unpaired) electrons. The Kier molecular flexibility index (Phi) is 7.65. The summed E-state index contributed by atoms with van der Waals surface area (Å²) in [4.78, 5) is 0. The standard InChI is InChI=1S/C34H34P2/c1-5-15-27(16-6-1)35(28-17-7-2-8-18-28)33-25-13-23-31(33)32-24-14-26-34(32)36(29-19-9-3-10-20-29)30-21-11-4-12-22-30/h1-12,15-22,31-32H,13-14,23-26H2. The number of benzene rings is 4. The van der Waals surface area contributed by atoms with E-state index in [9.17, 15) is 0 Å². The molecular formula is C34H34P2. The minimum atomic E-state index is -0.444. The van der Waals surface area contributed by atoms with Crippen molar-refractivity contribution in [2.45, 2.75) is 38.5 Å². The van der Waals surface area contributed by atoms with Gasteiger partial charge in [-0.15, -0.1) is 0 Å². The Labute approximate surface area is 219 Å². The van der Waals surface area contributed by atoms with Crippen molar-refractivity contribution in [3.63, 3.8) is 0 Å². The van der Waals surface area contributed by atoms with Crippen LogP contribution in [0.25, 0.3) is 0 Å². The zero-order valence-corrected chi connectivity index (χ0v) is 22.6. The van der Waals surface area contributed by atoms with Crippen LogP contribution in [0.2, 0.25) is 0 Å². The molecule has 0 spiro atoms. The van der Waals surface area contributed by atoms with Crippen LogP contribution in [0, 0.1) is 23.2 Å². The first-order valence-electron chi connectivity index (χ1n) is 13.4. The molecular weight excluding hydrogens is 470 g/mol. The van der Waals surface area contributed by atoms with Gasteiger partial charge >= 0.3 is 0 Å². The highest BCUT2D eigenvalue weighted by atomic mass is 31.1. The van der Waals surface area contributed by atoms with E-state index in [4.69, 9.17) is 0 Å². The average molecular weight is 505 g/mol. The predicted octanol–water partition coefficient (Wildman–Crippen LogP) is 7.92. The molecule has 0 nitrogen and oxygen atoms in total. The van der Waals surface area contributed by atoms with Crippen LogP contribution in [0.3, 0.4) is 0 Å². The van der Waals surface area contributed by atoms with Crippen LogP contribution in [0.1, 0.15) is 38.5 Å². The van der Waals surface area contributed by atoms with Gasteiger partial charge in [0.25, 0.3) is 0 Å². The molecule has 0 saturated heterocycles. The molecule has 36 heavy (non-hydrogen) atoms. The molecule has 4 aromatic rings. The van der Waals surface area contributed by atoms with Crippen LogP contribution in [0.5, 0.6) is 0 Å². The maximum Gasteiger partial charge on any atom is 0.0121 e. The van der Waals surface area contributed by atoms with Gasteiger partial charge in [0, 0.05) is 11.3 Å². The lowest BCUT2D eigenvalue weighted by Gasteiger charge is -2.38. The summed E-state index contributed by atoms with van der Waals surface area (Å²) < 4.78 is 0. The lowest BCUT2D eigenvalue weighted by Crippen LogP contribution is -2.27. The molecule has 0 aromatic heterocycles. The fourth-order valence-electron chi connectivity index (χ4n) is 6.40. The molecule has 2 unspecified atom stereocenters. The lowest BCUT2D eigenvalue weighted by atomic mass is 9.89. The third kappa shape index (κ3) is 4.96. The van der Waals surface area contributed by atoms with Gasteiger partial charge < -0.3 is 0 Å². The van der Waals surface area contributed by atoms with E-state index >= 15 is 0 Å². The van der Waals surface area contributed by atoms with Crippen LogP contribution in [0.15, 0.2) is 121 Å². The van der Waals surface area contributed by atoms with Crippen molar-refractivity contribution in [3.8, 4) is 0 Å². The zero-order chi connectivity index (χ0) is 24.2. The van der Waals surface area contributed by atoms with Gasteiger partial charge in [0.1, 0.15) is 0 Å². The summed E-state index contributed by atoms with van der Waals surface area (Å²) in [5.74, 6) is 1.43. The molecule has 0 bridgehead atoms. The van der Waals surface area contributed by atoms with Crippen molar-refractivity contribution in [1.29, 1.82) is 0 Å². The van der Waals surface area contributed by atoms with Crippen molar-refractivity contribution in [2.24, 2.45) is 11.8 Å². The van der Waals surface area contributed by atoms with E-state index in [0.29, 0.717) is 11.8 Å². The normalized spacial score (nSPS) is 20.9. The van der Waals surface area contributed by atoms with E-state index in [2.05, 4.69) is 121 Å². The Morgan fingerprint density at radius 3 is 0.944 bits per heavy atom. The van der Waals surface area contributed by atoms with E-state index in [0.717, 1.165) is 0 Å². The molecule has 2 heteroatoms. The van der Waals surface area contributed by atoms with Crippen molar-refractivity contribution in [3.05, 3.63) is 133 Å². The number of hydrogen-bond donors (Lipinski definition) is 0. The summed E-state index contributed by atoms with van der Waals surface area (Å²) in [7, 11) is -0.887. The second kappa shape index (κ2) is 11.4. The first kappa shape index (κ1) is 24.1. The molecule has 6 rings (SSSR count). The highest BCUT2D eigenvalue weighted by Crippen LogP contribution is 2.65. The van der Waals surface area contributed by atoms with Gasteiger partial charge in [0.2, 0.25) is 0 Å². The lowest BCUT2D eigenvalue weighted by molar-refractivity contribution is 0.425. The van der Waals surface area contributed by atoms with E-state index in [1.54, 1.807) is 0 Å². The summed E-state index contributed by atoms with van der Waals surface area (Å²) in [5.41, 5.74) is 3.70. The van der Waals surface area contributed by atoms with Crippen molar-refractivity contribution in [2.75, 3.05) is 0 Å². The molecule has 0 N–H and O–H groups in total. The average Bonchev–Trinajstić information content (AvgIpc) is 3.62. The highest BCUT2D eigenvalue weighted by molar-refractivity contribution is 7.76. The third-order valence-corrected chi connectivity index (χ3v) is 13.4. The molecule has 180 valence electrons. The van der Waals surface area contributed by atoms with Crippen molar-refractivity contribution in [1.82, 2.24) is 0 Å². The maximum atomic E-state index is 2.38. The van der Waals surface area contributed by atoms with Crippen LogP contribution >= 0.6 is 15.8 Å². The van der Waals surface area contributed by atoms with Gasteiger partial charge in [0.15, 0.2) is 0 Å². The van der Waals surface area contributed by atoms with Gasteiger partial charge in [-0.3, -0.25) is 0 Å². The summed E-state index contributed by atoms with van der Waals surface area (Å²) in [6, 6.07) is 45.5. The van der Waals surface area contributed by atoms with Gasteiger partial charge in [-0.25, -0.2) is 0 Å². The van der Waals surface area contributed by atoms with E-state index < -0.39 is 15.8 Å². The SMILES string of the molecule is c1ccc(P([C]2CCCC2C2CCC[C]2P(c2ccccc2)c2ccccc2)c2ccccc2)cc1. The summed E-state index contributed by atoms with van der Waals surface area (Å²) >= 11 is 0. The molecule has 2 saturated carbocycles. The summed E-state index contributed by atoms with van der Waals surface area (Å²) in [5, 5.41) is 6.09. The second-order valence-electron chi connectivity index (χ2n) is 9.99. The molecule has 2 fully saturated rings. The van der Waals surface area contributed by atoms with E-state index in [-0.39, 0.29) is 0 Å². The van der Waals surface area contributed by atoms with Crippen molar-refractivity contribution < 1.29 is 0 Å². The largest absolute Gasteiger partial charge is 0.0622 e. The fraction of sp³-hybridized carbons (Fsp3) is 0.235. The number of hydrogen-bond acceptors (Lipinski definition) is 0. The van der Waals surface area contributed by atoms with Gasteiger partial charge in [-0.2, -0.15) is 0 Å². The second-order valence-corrected chi connectivity index (χ2v) is 14.5. The number of rotatable bonds is 7. The Morgan fingerprint density at radius 2 is 0.667 bits per heavy atom. The zero-order valence-electron chi connectivity index (χ0n) is 20.8. The predicted molar refractivity (Wildman–Crippen MR) is 159 cm³/mol. The van der Waals surface area contributed by atoms with Crippen LogP contribution in [-0.4, -0.2) is 0 Å². The van der Waals surface area contributed by atoms with E-state index in [1.807, 2.05) is 11.3 Å². The minimum absolute atomic E-state index is 0.444. The fourth-order valence-corrected chi connectivity index (χ4v) is 12.3.